The van der Waals surface area contributed by atoms with E-state index in [0.717, 1.165) is 5.76 Å². The second-order valence-electron chi connectivity index (χ2n) is 2.67. The van der Waals surface area contributed by atoms with Gasteiger partial charge in [-0.3, -0.25) is 4.79 Å². The molecule has 66 valence electrons. The van der Waals surface area contributed by atoms with Crippen LogP contribution in [0.3, 0.4) is 0 Å². The number of allylic oxidation sites excluding steroid dienone is 1. The van der Waals surface area contributed by atoms with Crippen molar-refractivity contribution < 1.29 is 9.21 Å². The molecule has 0 N–H and O–H groups in total. The number of hydrogen-bond donors (Lipinski definition) is 0. The summed E-state index contributed by atoms with van der Waals surface area (Å²) < 4.78 is 5.19. The highest BCUT2D eigenvalue weighted by atomic mass is 16.3. The van der Waals surface area contributed by atoms with Crippen molar-refractivity contribution in [2.24, 2.45) is 0 Å². The molecule has 0 amide bonds. The lowest BCUT2D eigenvalue weighted by molar-refractivity contribution is -0.113. The van der Waals surface area contributed by atoms with Crippen molar-refractivity contribution in [1.82, 2.24) is 0 Å². The molecule has 13 heavy (non-hydrogen) atoms. The molecule has 0 unspecified atom stereocenters. The number of rotatable bonds is 2. The van der Waals surface area contributed by atoms with Crippen LogP contribution in [0.2, 0.25) is 0 Å². The van der Waals surface area contributed by atoms with Crippen molar-refractivity contribution in [2.45, 2.75) is 13.8 Å². The van der Waals surface area contributed by atoms with Crippen LogP contribution in [0, 0.1) is 18.3 Å². The van der Waals surface area contributed by atoms with Crippen LogP contribution in [-0.2, 0) is 4.79 Å². The number of aryl methyl sites for hydroxylation is 1. The second kappa shape index (κ2) is 3.72. The predicted octanol–water partition coefficient (Wildman–Crippen LogP) is 2.08. The first kappa shape index (κ1) is 9.27. The Kier molecular flexibility index (Phi) is 2.65. The normalized spacial score (nSPS) is 11.0. The van der Waals surface area contributed by atoms with Gasteiger partial charge in [0.1, 0.15) is 17.6 Å². The minimum Gasteiger partial charge on any atom is -0.462 e. The highest BCUT2D eigenvalue weighted by molar-refractivity contribution is 6.01. The van der Waals surface area contributed by atoms with E-state index in [4.69, 9.17) is 9.68 Å². The molecule has 0 radical (unpaired) electrons. The van der Waals surface area contributed by atoms with Crippen molar-refractivity contribution >= 4 is 11.9 Å². The first-order valence-electron chi connectivity index (χ1n) is 3.82. The quantitative estimate of drug-likeness (QED) is 0.510. The van der Waals surface area contributed by atoms with Gasteiger partial charge in [-0.1, -0.05) is 0 Å². The highest BCUT2D eigenvalue weighted by Gasteiger charge is 2.03. The summed E-state index contributed by atoms with van der Waals surface area (Å²) in [6, 6.07) is 5.31. The summed E-state index contributed by atoms with van der Waals surface area (Å²) in [5, 5.41) is 8.58. The molecular weight excluding hydrogens is 166 g/mol. The monoisotopic (exact) mass is 175 g/mol. The molecule has 1 heterocycles. The summed E-state index contributed by atoms with van der Waals surface area (Å²) in [6.45, 7) is 3.15. The molecule has 0 aliphatic rings. The average Bonchev–Trinajstić information content (AvgIpc) is 2.46. The number of hydrogen-bond acceptors (Lipinski definition) is 3. The van der Waals surface area contributed by atoms with Crippen LogP contribution in [-0.4, -0.2) is 5.78 Å². The van der Waals surface area contributed by atoms with E-state index >= 15 is 0 Å². The van der Waals surface area contributed by atoms with Crippen LogP contribution in [0.4, 0.5) is 0 Å². The van der Waals surface area contributed by atoms with Gasteiger partial charge in [0.25, 0.3) is 0 Å². The Hall–Kier alpha value is -1.82. The number of nitrogens with zero attached hydrogens (tertiary/aromatic N) is 1. The molecule has 1 aromatic rings. The first-order chi connectivity index (χ1) is 6.13. The van der Waals surface area contributed by atoms with E-state index in [2.05, 4.69) is 0 Å². The molecule has 3 nitrogen and oxygen atoms in total. The molecule has 3 heteroatoms. The number of nitriles is 1. The Morgan fingerprint density at radius 1 is 1.62 bits per heavy atom. The van der Waals surface area contributed by atoms with Crippen LogP contribution in [0.1, 0.15) is 18.4 Å². The molecule has 0 bridgehead atoms. The van der Waals surface area contributed by atoms with Crippen molar-refractivity contribution in [1.29, 1.82) is 5.26 Å². The molecule has 1 aromatic heterocycles. The van der Waals surface area contributed by atoms with Gasteiger partial charge < -0.3 is 4.42 Å². The van der Waals surface area contributed by atoms with E-state index in [1.54, 1.807) is 19.1 Å². The van der Waals surface area contributed by atoms with Gasteiger partial charge in [-0.05, 0) is 26.0 Å². The van der Waals surface area contributed by atoms with Crippen LogP contribution in [0.25, 0.3) is 6.08 Å². The molecule has 0 aliphatic carbocycles. The molecule has 0 atom stereocenters. The Morgan fingerprint density at radius 3 is 2.69 bits per heavy atom. The third-order valence-corrected chi connectivity index (χ3v) is 1.55. The minimum absolute atomic E-state index is 0.106. The topological polar surface area (TPSA) is 54.0 Å². The van der Waals surface area contributed by atoms with Crippen molar-refractivity contribution in [3.8, 4) is 6.07 Å². The molecule has 0 aliphatic heterocycles. The summed E-state index contributed by atoms with van der Waals surface area (Å²) in [4.78, 5) is 10.9. The molecular formula is C10H9NO2. The van der Waals surface area contributed by atoms with Crippen LogP contribution in [0.5, 0.6) is 0 Å². The van der Waals surface area contributed by atoms with E-state index in [9.17, 15) is 4.79 Å². The van der Waals surface area contributed by atoms with Gasteiger partial charge >= 0.3 is 0 Å². The Labute approximate surface area is 76.3 Å². The minimum atomic E-state index is -0.253. The van der Waals surface area contributed by atoms with E-state index < -0.39 is 0 Å². The van der Waals surface area contributed by atoms with E-state index in [1.165, 1.54) is 13.0 Å². The number of Topliss-reactive ketones (excluding diaryl/α,β-unsaturated/α-hetero) is 1. The van der Waals surface area contributed by atoms with E-state index in [1.807, 2.05) is 6.07 Å². The second-order valence-corrected chi connectivity index (χ2v) is 2.67. The lowest BCUT2D eigenvalue weighted by Gasteiger charge is -1.88. The smallest absolute Gasteiger partial charge is 0.170 e. The standard InChI is InChI=1S/C10H9NO2/c1-7-3-4-10(13-7)5-9(6-11)8(2)12/h3-5H,1-2H3. The molecule has 0 spiro atoms. The SMILES string of the molecule is CC(=O)C(C#N)=Cc1ccc(C)o1. The third-order valence-electron chi connectivity index (χ3n) is 1.55. The summed E-state index contributed by atoms with van der Waals surface area (Å²) >= 11 is 0. The lowest BCUT2D eigenvalue weighted by Crippen LogP contribution is -1.92. The van der Waals surface area contributed by atoms with Gasteiger partial charge in [0.2, 0.25) is 0 Å². The number of carbonyl (C=O) groups excluding carboxylic acids is 1. The van der Waals surface area contributed by atoms with E-state index in [-0.39, 0.29) is 11.4 Å². The predicted molar refractivity (Wildman–Crippen MR) is 47.7 cm³/mol. The summed E-state index contributed by atoms with van der Waals surface area (Å²) in [5.74, 6) is 1.04. The van der Waals surface area contributed by atoms with Crippen LogP contribution < -0.4 is 0 Å². The van der Waals surface area contributed by atoms with Crippen molar-refractivity contribution in [2.75, 3.05) is 0 Å². The maximum atomic E-state index is 10.9. The molecule has 0 fully saturated rings. The zero-order valence-corrected chi connectivity index (χ0v) is 7.50. The molecule has 0 saturated carbocycles. The maximum absolute atomic E-state index is 10.9. The zero-order chi connectivity index (χ0) is 9.84. The Balaban J connectivity index is 3.00. The van der Waals surface area contributed by atoms with Gasteiger partial charge in [-0.25, -0.2) is 0 Å². The van der Waals surface area contributed by atoms with Gasteiger partial charge in [0.05, 0.1) is 5.57 Å². The number of ketones is 1. The largest absolute Gasteiger partial charge is 0.462 e. The fraction of sp³-hybridized carbons (Fsp3) is 0.200. The van der Waals surface area contributed by atoms with Crippen molar-refractivity contribution in [3.05, 3.63) is 29.2 Å². The van der Waals surface area contributed by atoms with Gasteiger partial charge in [0.15, 0.2) is 5.78 Å². The highest BCUT2D eigenvalue weighted by Crippen LogP contribution is 2.10. The first-order valence-corrected chi connectivity index (χ1v) is 3.82. The molecule has 0 aromatic carbocycles. The number of carbonyl (C=O) groups is 1. The maximum Gasteiger partial charge on any atom is 0.170 e. The fourth-order valence-electron chi connectivity index (χ4n) is 0.886. The Morgan fingerprint density at radius 2 is 2.31 bits per heavy atom. The zero-order valence-electron chi connectivity index (χ0n) is 7.50. The molecule has 0 saturated heterocycles. The Bertz CT molecular complexity index is 393. The average molecular weight is 175 g/mol. The van der Waals surface area contributed by atoms with Crippen molar-refractivity contribution in [3.63, 3.8) is 0 Å². The summed E-state index contributed by atoms with van der Waals surface area (Å²) in [7, 11) is 0. The lowest BCUT2D eigenvalue weighted by atomic mass is 10.2. The fourth-order valence-corrected chi connectivity index (χ4v) is 0.886. The van der Waals surface area contributed by atoms with Gasteiger partial charge in [-0.2, -0.15) is 5.26 Å². The van der Waals surface area contributed by atoms with Gasteiger partial charge in [-0.15, -0.1) is 0 Å². The van der Waals surface area contributed by atoms with Crippen LogP contribution in [0.15, 0.2) is 22.1 Å². The van der Waals surface area contributed by atoms with Crippen LogP contribution >= 0.6 is 0 Å². The molecule has 1 rings (SSSR count). The van der Waals surface area contributed by atoms with Gasteiger partial charge in [0, 0.05) is 6.08 Å². The third kappa shape index (κ3) is 2.31. The summed E-state index contributed by atoms with van der Waals surface area (Å²) in [6.07, 6.45) is 1.44. The summed E-state index contributed by atoms with van der Waals surface area (Å²) in [5.41, 5.74) is 0.106. The van der Waals surface area contributed by atoms with E-state index in [0.29, 0.717) is 5.76 Å². The number of furan rings is 1.